The second-order valence-electron chi connectivity index (χ2n) is 6.57. The predicted molar refractivity (Wildman–Crippen MR) is 111 cm³/mol. The highest BCUT2D eigenvalue weighted by atomic mass is 32.2. The molecule has 0 fully saturated rings. The lowest BCUT2D eigenvalue weighted by Gasteiger charge is -2.19. The summed E-state index contributed by atoms with van der Waals surface area (Å²) in [5, 5.41) is 1.78. The molecule has 0 aliphatic heterocycles. The SMILES string of the molecule is COc1ccc(C(=O)NCC(c2cccnc2)S(=O)(=O)c2ccc(C)cc2)cc1. The van der Waals surface area contributed by atoms with Gasteiger partial charge in [0.05, 0.1) is 12.0 Å². The van der Waals surface area contributed by atoms with Gasteiger partial charge in [-0.15, -0.1) is 0 Å². The van der Waals surface area contributed by atoms with Gasteiger partial charge in [-0.1, -0.05) is 23.8 Å². The molecular weight excluding hydrogens is 388 g/mol. The van der Waals surface area contributed by atoms with Gasteiger partial charge < -0.3 is 10.1 Å². The molecule has 29 heavy (non-hydrogen) atoms. The number of aryl methyl sites for hydroxylation is 1. The molecule has 0 bridgehead atoms. The molecule has 1 N–H and O–H groups in total. The Morgan fingerprint density at radius 3 is 2.34 bits per heavy atom. The molecule has 0 aliphatic rings. The van der Waals surface area contributed by atoms with Crippen LogP contribution in [0.15, 0.2) is 78.0 Å². The van der Waals surface area contributed by atoms with E-state index in [9.17, 15) is 13.2 Å². The Morgan fingerprint density at radius 2 is 1.76 bits per heavy atom. The van der Waals surface area contributed by atoms with Gasteiger partial charge in [0, 0.05) is 24.5 Å². The molecule has 1 heterocycles. The fourth-order valence-corrected chi connectivity index (χ4v) is 4.54. The van der Waals surface area contributed by atoms with Crippen LogP contribution in [0.5, 0.6) is 5.75 Å². The number of benzene rings is 2. The monoisotopic (exact) mass is 410 g/mol. The first-order valence-electron chi connectivity index (χ1n) is 9.04. The normalized spacial score (nSPS) is 12.2. The van der Waals surface area contributed by atoms with E-state index >= 15 is 0 Å². The molecule has 1 amide bonds. The van der Waals surface area contributed by atoms with Crippen molar-refractivity contribution in [1.29, 1.82) is 0 Å². The smallest absolute Gasteiger partial charge is 0.251 e. The van der Waals surface area contributed by atoms with E-state index in [-0.39, 0.29) is 17.3 Å². The first-order chi connectivity index (χ1) is 13.9. The van der Waals surface area contributed by atoms with Crippen molar-refractivity contribution in [2.24, 2.45) is 0 Å². The minimum absolute atomic E-state index is 0.0766. The zero-order chi connectivity index (χ0) is 20.9. The van der Waals surface area contributed by atoms with Crippen molar-refractivity contribution in [2.45, 2.75) is 17.1 Å². The van der Waals surface area contributed by atoms with Crippen LogP contribution in [-0.4, -0.2) is 33.0 Å². The Labute approximate surface area is 170 Å². The van der Waals surface area contributed by atoms with Crippen molar-refractivity contribution >= 4 is 15.7 Å². The first kappa shape index (κ1) is 20.5. The van der Waals surface area contributed by atoms with E-state index in [0.29, 0.717) is 16.9 Å². The molecular formula is C22H22N2O4S. The number of hydrogen-bond acceptors (Lipinski definition) is 5. The highest BCUT2D eigenvalue weighted by Gasteiger charge is 2.30. The molecule has 0 radical (unpaired) electrons. The fraction of sp³-hybridized carbons (Fsp3) is 0.182. The zero-order valence-corrected chi connectivity index (χ0v) is 17.0. The number of hydrogen-bond donors (Lipinski definition) is 1. The predicted octanol–water partition coefficient (Wildman–Crippen LogP) is 3.34. The van der Waals surface area contributed by atoms with E-state index in [4.69, 9.17) is 4.74 Å². The molecule has 0 spiro atoms. The molecule has 1 unspecified atom stereocenters. The molecule has 1 atom stereocenters. The standard InChI is InChI=1S/C22H22N2O4S/c1-16-5-11-20(12-6-16)29(26,27)21(18-4-3-13-23-14-18)15-24-22(25)17-7-9-19(28-2)10-8-17/h3-14,21H,15H2,1-2H3,(H,24,25). The summed E-state index contributed by atoms with van der Waals surface area (Å²) in [4.78, 5) is 16.8. The number of rotatable bonds is 7. The molecule has 3 rings (SSSR count). The summed E-state index contributed by atoms with van der Waals surface area (Å²) in [7, 11) is -2.19. The number of nitrogens with one attached hydrogen (secondary N) is 1. The zero-order valence-electron chi connectivity index (χ0n) is 16.2. The Balaban J connectivity index is 1.86. The van der Waals surface area contributed by atoms with Gasteiger partial charge in [-0.25, -0.2) is 8.42 Å². The number of methoxy groups -OCH3 is 1. The Morgan fingerprint density at radius 1 is 1.07 bits per heavy atom. The molecule has 150 valence electrons. The van der Waals surface area contributed by atoms with Gasteiger partial charge in [0.2, 0.25) is 0 Å². The molecule has 0 aliphatic carbocycles. The van der Waals surface area contributed by atoms with E-state index in [1.807, 2.05) is 6.92 Å². The number of ether oxygens (including phenoxy) is 1. The van der Waals surface area contributed by atoms with Crippen molar-refractivity contribution in [3.63, 3.8) is 0 Å². The molecule has 7 heteroatoms. The van der Waals surface area contributed by atoms with Gasteiger partial charge >= 0.3 is 0 Å². The lowest BCUT2D eigenvalue weighted by Crippen LogP contribution is -2.32. The Hall–Kier alpha value is -3.19. The first-order valence-corrected chi connectivity index (χ1v) is 10.6. The largest absolute Gasteiger partial charge is 0.497 e. The molecule has 6 nitrogen and oxygen atoms in total. The minimum atomic E-state index is -3.73. The summed E-state index contributed by atoms with van der Waals surface area (Å²) in [5.41, 5.74) is 1.90. The quantitative estimate of drug-likeness (QED) is 0.646. The maximum atomic E-state index is 13.3. The minimum Gasteiger partial charge on any atom is -0.497 e. The third kappa shape index (κ3) is 4.81. The van der Waals surface area contributed by atoms with Gasteiger partial charge in [0.25, 0.3) is 5.91 Å². The summed E-state index contributed by atoms with van der Waals surface area (Å²) >= 11 is 0. The van der Waals surface area contributed by atoms with Crippen molar-refractivity contribution in [2.75, 3.05) is 13.7 Å². The summed E-state index contributed by atoms with van der Waals surface area (Å²) in [5.74, 6) is 0.275. The average molecular weight is 410 g/mol. The summed E-state index contributed by atoms with van der Waals surface area (Å²) in [6.45, 7) is 1.82. The van der Waals surface area contributed by atoms with Gasteiger partial charge in [-0.05, 0) is 55.0 Å². The van der Waals surface area contributed by atoms with Crippen molar-refractivity contribution in [1.82, 2.24) is 10.3 Å². The molecule has 1 aromatic heterocycles. The lowest BCUT2D eigenvalue weighted by atomic mass is 10.2. The Bertz CT molecular complexity index is 1060. The number of amides is 1. The van der Waals surface area contributed by atoms with Crippen LogP contribution >= 0.6 is 0 Å². The van der Waals surface area contributed by atoms with Crippen molar-refractivity contribution in [3.05, 3.63) is 89.7 Å². The van der Waals surface area contributed by atoms with Crippen LogP contribution in [0.25, 0.3) is 0 Å². The highest BCUT2D eigenvalue weighted by molar-refractivity contribution is 7.91. The molecule has 0 saturated carbocycles. The van der Waals surface area contributed by atoms with Gasteiger partial charge in [-0.2, -0.15) is 0 Å². The summed E-state index contributed by atoms with van der Waals surface area (Å²) < 4.78 is 31.7. The van der Waals surface area contributed by atoms with Crippen LogP contribution < -0.4 is 10.1 Å². The highest BCUT2D eigenvalue weighted by Crippen LogP contribution is 2.28. The topological polar surface area (TPSA) is 85.4 Å². The maximum Gasteiger partial charge on any atom is 0.251 e. The number of nitrogens with zero attached hydrogens (tertiary/aromatic N) is 1. The average Bonchev–Trinajstić information content (AvgIpc) is 2.74. The van der Waals surface area contributed by atoms with E-state index in [2.05, 4.69) is 10.3 Å². The summed E-state index contributed by atoms with van der Waals surface area (Å²) in [6, 6.07) is 16.7. The van der Waals surface area contributed by atoms with E-state index in [1.165, 1.54) is 6.20 Å². The van der Waals surface area contributed by atoms with Crippen LogP contribution in [0.1, 0.15) is 26.7 Å². The second kappa shape index (κ2) is 8.87. The molecule has 0 saturated heterocycles. The third-order valence-corrected chi connectivity index (χ3v) is 6.70. The van der Waals surface area contributed by atoms with Crippen LogP contribution in [0.4, 0.5) is 0 Å². The molecule has 2 aromatic carbocycles. The van der Waals surface area contributed by atoms with E-state index in [0.717, 1.165) is 5.56 Å². The number of aromatic nitrogens is 1. The van der Waals surface area contributed by atoms with Crippen molar-refractivity contribution in [3.8, 4) is 5.75 Å². The van der Waals surface area contributed by atoms with Crippen LogP contribution in [0, 0.1) is 6.92 Å². The second-order valence-corrected chi connectivity index (χ2v) is 8.70. The number of carbonyl (C=O) groups is 1. The Kier molecular flexibility index (Phi) is 6.29. The van der Waals surface area contributed by atoms with Crippen LogP contribution in [-0.2, 0) is 9.84 Å². The van der Waals surface area contributed by atoms with Gasteiger partial charge in [-0.3, -0.25) is 9.78 Å². The number of sulfone groups is 1. The fourth-order valence-electron chi connectivity index (χ4n) is 2.90. The van der Waals surface area contributed by atoms with Crippen LogP contribution in [0.3, 0.4) is 0 Å². The van der Waals surface area contributed by atoms with E-state index in [1.54, 1.807) is 74.0 Å². The van der Waals surface area contributed by atoms with Gasteiger partial charge in [0.15, 0.2) is 9.84 Å². The third-order valence-electron chi connectivity index (χ3n) is 4.58. The van der Waals surface area contributed by atoms with E-state index < -0.39 is 15.1 Å². The van der Waals surface area contributed by atoms with Crippen molar-refractivity contribution < 1.29 is 17.9 Å². The maximum absolute atomic E-state index is 13.3. The van der Waals surface area contributed by atoms with Gasteiger partial charge in [0.1, 0.15) is 11.0 Å². The number of carbonyl (C=O) groups excluding carboxylic acids is 1. The summed E-state index contributed by atoms with van der Waals surface area (Å²) in [6.07, 6.45) is 3.09. The lowest BCUT2D eigenvalue weighted by molar-refractivity contribution is 0.0953. The van der Waals surface area contributed by atoms with Crippen LogP contribution in [0.2, 0.25) is 0 Å². The number of pyridine rings is 1. The molecule has 3 aromatic rings.